The van der Waals surface area contributed by atoms with Crippen molar-refractivity contribution in [2.45, 2.75) is 13.3 Å². The fraction of sp³-hybridized carbons (Fsp3) is 0.286. The van der Waals surface area contributed by atoms with Crippen LogP contribution in [0, 0.1) is 0 Å². The molecule has 0 heterocycles. The first-order chi connectivity index (χ1) is 13.4. The highest BCUT2D eigenvalue weighted by atomic mass is 16.6. The van der Waals surface area contributed by atoms with Crippen molar-refractivity contribution >= 4 is 23.5 Å². The van der Waals surface area contributed by atoms with Gasteiger partial charge < -0.3 is 19.7 Å². The van der Waals surface area contributed by atoms with Crippen molar-refractivity contribution in [3.63, 3.8) is 0 Å². The number of rotatable bonds is 8. The third-order valence-corrected chi connectivity index (χ3v) is 3.89. The molecule has 0 aliphatic carbocycles. The van der Waals surface area contributed by atoms with Gasteiger partial charge in [0.1, 0.15) is 5.75 Å². The molecule has 1 N–H and O–H groups in total. The predicted octanol–water partition coefficient (Wildman–Crippen LogP) is 2.51. The maximum absolute atomic E-state index is 11.9. The van der Waals surface area contributed by atoms with E-state index in [2.05, 4.69) is 5.32 Å². The number of carbonyl (C=O) groups excluding carboxylic acids is 3. The normalized spacial score (nSPS) is 10.1. The van der Waals surface area contributed by atoms with Crippen LogP contribution in [-0.2, 0) is 20.7 Å². The summed E-state index contributed by atoms with van der Waals surface area (Å²) in [7, 11) is 3.33. The highest BCUT2D eigenvalue weighted by Crippen LogP contribution is 2.18. The molecule has 0 aliphatic heterocycles. The molecule has 2 rings (SSSR count). The van der Waals surface area contributed by atoms with Crippen LogP contribution in [0.1, 0.15) is 22.8 Å². The molecule has 0 saturated heterocycles. The van der Waals surface area contributed by atoms with E-state index in [0.717, 1.165) is 12.0 Å². The van der Waals surface area contributed by atoms with Gasteiger partial charge in [-0.05, 0) is 42.3 Å². The summed E-state index contributed by atoms with van der Waals surface area (Å²) >= 11 is 0. The number of nitrogens with zero attached hydrogens (tertiary/aromatic N) is 1. The number of ether oxygens (including phenoxy) is 2. The van der Waals surface area contributed by atoms with Crippen LogP contribution >= 0.6 is 0 Å². The summed E-state index contributed by atoms with van der Waals surface area (Å²) in [5, 5.41) is 2.60. The molecule has 2 aromatic carbocycles. The van der Waals surface area contributed by atoms with Crippen LogP contribution < -0.4 is 10.1 Å². The topological polar surface area (TPSA) is 84.9 Å². The molecular formula is C21H24N2O5. The zero-order chi connectivity index (χ0) is 20.5. The zero-order valence-corrected chi connectivity index (χ0v) is 16.2. The van der Waals surface area contributed by atoms with Gasteiger partial charge in [-0.25, -0.2) is 4.79 Å². The number of aryl methyl sites for hydroxylation is 1. The van der Waals surface area contributed by atoms with Gasteiger partial charge in [0.15, 0.2) is 13.2 Å². The van der Waals surface area contributed by atoms with Gasteiger partial charge in [-0.3, -0.25) is 9.59 Å². The first kappa shape index (κ1) is 21.0. The van der Waals surface area contributed by atoms with E-state index in [1.807, 2.05) is 25.1 Å². The quantitative estimate of drug-likeness (QED) is 0.707. The summed E-state index contributed by atoms with van der Waals surface area (Å²) in [5.41, 5.74) is 2.01. The van der Waals surface area contributed by atoms with Gasteiger partial charge in [-0.1, -0.05) is 25.1 Å². The van der Waals surface area contributed by atoms with Crippen LogP contribution in [0.4, 0.5) is 5.69 Å². The van der Waals surface area contributed by atoms with Crippen LogP contribution in [-0.4, -0.2) is 50.0 Å². The highest BCUT2D eigenvalue weighted by molar-refractivity contribution is 5.96. The molecule has 0 unspecified atom stereocenters. The van der Waals surface area contributed by atoms with E-state index in [9.17, 15) is 14.4 Å². The van der Waals surface area contributed by atoms with Crippen molar-refractivity contribution in [3.8, 4) is 5.75 Å². The Morgan fingerprint density at radius 3 is 2.29 bits per heavy atom. The van der Waals surface area contributed by atoms with Gasteiger partial charge in [-0.15, -0.1) is 0 Å². The summed E-state index contributed by atoms with van der Waals surface area (Å²) in [6.45, 7) is 1.30. The van der Waals surface area contributed by atoms with Gasteiger partial charge >= 0.3 is 5.97 Å². The number of benzene rings is 2. The molecule has 0 saturated carbocycles. The molecule has 28 heavy (non-hydrogen) atoms. The van der Waals surface area contributed by atoms with E-state index in [1.54, 1.807) is 44.4 Å². The molecule has 0 radical (unpaired) electrons. The van der Waals surface area contributed by atoms with E-state index >= 15 is 0 Å². The average molecular weight is 384 g/mol. The van der Waals surface area contributed by atoms with E-state index in [-0.39, 0.29) is 12.5 Å². The maximum atomic E-state index is 11.9. The van der Waals surface area contributed by atoms with Crippen LogP contribution in [0.3, 0.4) is 0 Å². The Morgan fingerprint density at radius 1 is 0.964 bits per heavy atom. The number of hydrogen-bond donors (Lipinski definition) is 1. The van der Waals surface area contributed by atoms with Crippen LogP contribution in [0.15, 0.2) is 48.5 Å². The molecule has 2 amide bonds. The molecule has 0 atom stereocenters. The zero-order valence-electron chi connectivity index (χ0n) is 16.2. The van der Waals surface area contributed by atoms with Gasteiger partial charge in [0, 0.05) is 25.3 Å². The summed E-state index contributed by atoms with van der Waals surface area (Å²) in [5.74, 6) is -0.614. The summed E-state index contributed by atoms with van der Waals surface area (Å²) in [6.07, 6.45) is 0.784. The number of nitrogens with one attached hydrogen (secondary N) is 1. The Labute approximate surface area is 164 Å². The minimum Gasteiger partial charge on any atom is -0.482 e. The lowest BCUT2D eigenvalue weighted by Crippen LogP contribution is -2.24. The van der Waals surface area contributed by atoms with E-state index in [0.29, 0.717) is 17.0 Å². The second-order valence-electron chi connectivity index (χ2n) is 6.24. The van der Waals surface area contributed by atoms with Crippen molar-refractivity contribution in [1.29, 1.82) is 0 Å². The maximum Gasteiger partial charge on any atom is 0.344 e. The number of para-hydroxylation sites is 1. The molecule has 0 aliphatic rings. The number of amides is 2. The molecule has 7 nitrogen and oxygen atoms in total. The van der Waals surface area contributed by atoms with Gasteiger partial charge in [0.25, 0.3) is 11.8 Å². The van der Waals surface area contributed by atoms with Crippen molar-refractivity contribution < 1.29 is 23.9 Å². The second-order valence-corrected chi connectivity index (χ2v) is 6.24. The second kappa shape index (κ2) is 10.1. The summed E-state index contributed by atoms with van der Waals surface area (Å²) in [6, 6.07) is 13.9. The van der Waals surface area contributed by atoms with E-state index < -0.39 is 18.5 Å². The van der Waals surface area contributed by atoms with Crippen LogP contribution in [0.5, 0.6) is 5.75 Å². The first-order valence-electron chi connectivity index (χ1n) is 8.88. The first-order valence-corrected chi connectivity index (χ1v) is 8.88. The third-order valence-electron chi connectivity index (χ3n) is 3.89. The van der Waals surface area contributed by atoms with E-state index in [1.165, 1.54) is 4.90 Å². The lowest BCUT2D eigenvalue weighted by Gasteiger charge is -2.11. The summed E-state index contributed by atoms with van der Waals surface area (Å²) in [4.78, 5) is 37.0. The minimum absolute atomic E-state index is 0.128. The monoisotopic (exact) mass is 384 g/mol. The number of esters is 1. The Kier molecular flexibility index (Phi) is 7.56. The summed E-state index contributed by atoms with van der Waals surface area (Å²) < 4.78 is 10.4. The molecule has 148 valence electrons. The van der Waals surface area contributed by atoms with Crippen molar-refractivity contribution in [3.05, 3.63) is 59.7 Å². The number of carbonyl (C=O) groups is 3. The SMILES string of the molecule is CCc1ccccc1OCC(=O)OCC(=O)Nc1ccc(C(=O)N(C)C)cc1. The molecule has 0 bridgehead atoms. The molecule has 2 aromatic rings. The Bertz CT molecular complexity index is 831. The lowest BCUT2D eigenvalue weighted by atomic mass is 10.1. The molecule has 7 heteroatoms. The van der Waals surface area contributed by atoms with Crippen molar-refractivity contribution in [1.82, 2.24) is 4.90 Å². The Hall–Kier alpha value is -3.35. The Balaban J connectivity index is 1.77. The molecule has 0 fully saturated rings. The largest absolute Gasteiger partial charge is 0.482 e. The van der Waals surface area contributed by atoms with Crippen LogP contribution in [0.2, 0.25) is 0 Å². The van der Waals surface area contributed by atoms with Crippen molar-refractivity contribution in [2.75, 3.05) is 32.6 Å². The standard InChI is InChI=1S/C21H24N2O5/c1-4-15-7-5-6-8-18(15)27-14-20(25)28-13-19(24)22-17-11-9-16(10-12-17)21(26)23(2)3/h5-12H,4,13-14H2,1-3H3,(H,22,24). The van der Waals surface area contributed by atoms with Gasteiger partial charge in [0.2, 0.25) is 0 Å². The Morgan fingerprint density at radius 2 is 1.64 bits per heavy atom. The molecule has 0 spiro atoms. The smallest absolute Gasteiger partial charge is 0.344 e. The van der Waals surface area contributed by atoms with Crippen LogP contribution in [0.25, 0.3) is 0 Å². The minimum atomic E-state index is -0.631. The van der Waals surface area contributed by atoms with E-state index in [4.69, 9.17) is 9.47 Å². The molecular weight excluding hydrogens is 360 g/mol. The van der Waals surface area contributed by atoms with Crippen molar-refractivity contribution in [2.24, 2.45) is 0 Å². The van der Waals surface area contributed by atoms with Gasteiger partial charge in [-0.2, -0.15) is 0 Å². The number of hydrogen-bond acceptors (Lipinski definition) is 5. The number of anilines is 1. The average Bonchev–Trinajstić information content (AvgIpc) is 2.70. The highest BCUT2D eigenvalue weighted by Gasteiger charge is 2.11. The molecule has 0 aromatic heterocycles. The third kappa shape index (κ3) is 6.12. The fourth-order valence-electron chi connectivity index (χ4n) is 2.41. The van der Waals surface area contributed by atoms with Gasteiger partial charge in [0.05, 0.1) is 0 Å². The lowest BCUT2D eigenvalue weighted by molar-refractivity contribution is -0.149. The predicted molar refractivity (Wildman–Crippen MR) is 105 cm³/mol. The fourth-order valence-corrected chi connectivity index (χ4v) is 2.41.